The van der Waals surface area contributed by atoms with Gasteiger partial charge in [0, 0.05) is 6.54 Å². The third-order valence-electron chi connectivity index (χ3n) is 2.83. The molecule has 0 radical (unpaired) electrons. The Balaban J connectivity index is 1.77. The summed E-state index contributed by atoms with van der Waals surface area (Å²) in [5.41, 5.74) is 3.07. The highest BCUT2D eigenvalue weighted by atomic mass is 16.7. The highest BCUT2D eigenvalue weighted by Gasteiger charge is 2.12. The first-order valence-electron chi connectivity index (χ1n) is 7.03. The summed E-state index contributed by atoms with van der Waals surface area (Å²) in [6.07, 6.45) is 1.23. The average Bonchev–Trinajstić information content (AvgIpc) is 2.92. The standard InChI is InChI=1S/C15H19N3O4/c1-10(2)7-16-14(19)6-15(20)18-17-8-11-3-4-12-13(5-11)22-9-21-12/h3-5,8,10H,6-7,9H2,1-2H3,(H,16,19)(H,18,20)/b17-8-. The highest BCUT2D eigenvalue weighted by Crippen LogP contribution is 2.31. The van der Waals surface area contributed by atoms with Crippen LogP contribution in [0, 0.1) is 5.92 Å². The zero-order valence-corrected chi connectivity index (χ0v) is 12.6. The number of nitrogens with one attached hydrogen (secondary N) is 2. The average molecular weight is 305 g/mol. The minimum Gasteiger partial charge on any atom is -0.454 e. The second-order valence-electron chi connectivity index (χ2n) is 5.28. The van der Waals surface area contributed by atoms with Crippen LogP contribution in [0.15, 0.2) is 23.3 Å². The van der Waals surface area contributed by atoms with Crippen LogP contribution in [0.4, 0.5) is 0 Å². The van der Waals surface area contributed by atoms with Crippen LogP contribution in [0.25, 0.3) is 0 Å². The lowest BCUT2D eigenvalue weighted by Gasteiger charge is -2.06. The van der Waals surface area contributed by atoms with Crippen molar-refractivity contribution in [2.75, 3.05) is 13.3 Å². The minimum atomic E-state index is -0.460. The van der Waals surface area contributed by atoms with Gasteiger partial charge in [0.2, 0.25) is 18.6 Å². The first-order chi connectivity index (χ1) is 10.5. The molecule has 0 unspecified atom stereocenters. The fourth-order valence-electron chi connectivity index (χ4n) is 1.74. The van der Waals surface area contributed by atoms with Crippen LogP contribution in [-0.4, -0.2) is 31.4 Å². The molecule has 1 aliphatic heterocycles. The molecule has 0 saturated heterocycles. The fraction of sp³-hybridized carbons (Fsp3) is 0.400. The Hall–Kier alpha value is -2.57. The number of rotatable bonds is 6. The van der Waals surface area contributed by atoms with E-state index in [2.05, 4.69) is 15.8 Å². The summed E-state index contributed by atoms with van der Waals surface area (Å²) in [4.78, 5) is 23.0. The first kappa shape index (κ1) is 15.8. The van der Waals surface area contributed by atoms with Gasteiger partial charge >= 0.3 is 0 Å². The molecule has 0 spiro atoms. The number of hydrogen-bond acceptors (Lipinski definition) is 5. The zero-order valence-electron chi connectivity index (χ0n) is 12.6. The molecule has 118 valence electrons. The molecule has 0 fully saturated rings. The van der Waals surface area contributed by atoms with Crippen molar-refractivity contribution in [1.29, 1.82) is 0 Å². The summed E-state index contributed by atoms with van der Waals surface area (Å²) in [5.74, 6) is 0.894. The quantitative estimate of drug-likeness (QED) is 0.467. The van der Waals surface area contributed by atoms with Crippen molar-refractivity contribution in [3.63, 3.8) is 0 Å². The van der Waals surface area contributed by atoms with E-state index in [0.29, 0.717) is 24.0 Å². The van der Waals surface area contributed by atoms with Gasteiger partial charge in [0.15, 0.2) is 11.5 Å². The van der Waals surface area contributed by atoms with E-state index in [-0.39, 0.29) is 19.1 Å². The van der Waals surface area contributed by atoms with Crippen molar-refractivity contribution in [3.05, 3.63) is 23.8 Å². The Labute approximate surface area is 128 Å². The van der Waals surface area contributed by atoms with Crippen LogP contribution in [-0.2, 0) is 9.59 Å². The predicted octanol–water partition coefficient (Wildman–Crippen LogP) is 1.03. The third kappa shape index (κ3) is 4.76. The number of benzene rings is 1. The Morgan fingerprint density at radius 2 is 2.05 bits per heavy atom. The lowest BCUT2D eigenvalue weighted by atomic mass is 10.2. The molecule has 0 bridgehead atoms. The number of nitrogens with zero attached hydrogens (tertiary/aromatic N) is 1. The number of amides is 2. The molecular formula is C15H19N3O4. The molecular weight excluding hydrogens is 286 g/mol. The summed E-state index contributed by atoms with van der Waals surface area (Å²) in [6, 6.07) is 5.32. The molecule has 2 rings (SSSR count). The topological polar surface area (TPSA) is 89.0 Å². The molecule has 1 aromatic carbocycles. The number of carbonyl (C=O) groups excluding carboxylic acids is 2. The van der Waals surface area contributed by atoms with Crippen molar-refractivity contribution in [3.8, 4) is 11.5 Å². The maximum absolute atomic E-state index is 11.5. The van der Waals surface area contributed by atoms with Crippen LogP contribution in [0.3, 0.4) is 0 Å². The number of carbonyl (C=O) groups is 2. The summed E-state index contributed by atoms with van der Waals surface area (Å²) < 4.78 is 10.4. The number of hydrazone groups is 1. The van der Waals surface area contributed by atoms with Gasteiger partial charge in [0.25, 0.3) is 0 Å². The molecule has 0 atom stereocenters. The van der Waals surface area contributed by atoms with E-state index in [9.17, 15) is 9.59 Å². The van der Waals surface area contributed by atoms with Gasteiger partial charge < -0.3 is 14.8 Å². The van der Waals surface area contributed by atoms with Crippen molar-refractivity contribution < 1.29 is 19.1 Å². The van der Waals surface area contributed by atoms with Crippen LogP contribution >= 0.6 is 0 Å². The molecule has 1 heterocycles. The Kier molecular flexibility index (Phi) is 5.35. The number of ether oxygens (including phenoxy) is 2. The van der Waals surface area contributed by atoms with Crippen LogP contribution in [0.2, 0.25) is 0 Å². The van der Waals surface area contributed by atoms with Crippen LogP contribution in [0.5, 0.6) is 11.5 Å². The van der Waals surface area contributed by atoms with Gasteiger partial charge in [-0.15, -0.1) is 0 Å². The zero-order chi connectivity index (χ0) is 15.9. The van der Waals surface area contributed by atoms with Gasteiger partial charge in [0.1, 0.15) is 6.42 Å². The highest BCUT2D eigenvalue weighted by molar-refractivity contribution is 5.97. The van der Waals surface area contributed by atoms with Crippen molar-refractivity contribution in [2.45, 2.75) is 20.3 Å². The van der Waals surface area contributed by atoms with E-state index in [0.717, 1.165) is 5.56 Å². The van der Waals surface area contributed by atoms with Crippen molar-refractivity contribution in [2.24, 2.45) is 11.0 Å². The van der Waals surface area contributed by atoms with Crippen LogP contribution in [0.1, 0.15) is 25.8 Å². The SMILES string of the molecule is CC(C)CNC(=O)CC(=O)N/N=C\c1ccc2c(c1)OCO2. The van der Waals surface area contributed by atoms with Gasteiger partial charge in [-0.1, -0.05) is 13.8 Å². The Morgan fingerprint density at radius 1 is 1.27 bits per heavy atom. The Morgan fingerprint density at radius 3 is 2.82 bits per heavy atom. The van der Waals surface area contributed by atoms with E-state index in [1.807, 2.05) is 13.8 Å². The second kappa shape index (κ2) is 7.44. The molecule has 1 aliphatic rings. The predicted molar refractivity (Wildman–Crippen MR) is 80.8 cm³/mol. The van der Waals surface area contributed by atoms with Gasteiger partial charge in [-0.25, -0.2) is 5.43 Å². The lowest BCUT2D eigenvalue weighted by Crippen LogP contribution is -2.32. The Bertz CT molecular complexity index is 584. The molecule has 0 saturated carbocycles. The molecule has 7 heteroatoms. The molecule has 1 aromatic rings. The van der Waals surface area contributed by atoms with E-state index in [4.69, 9.17) is 9.47 Å². The van der Waals surface area contributed by atoms with Crippen molar-refractivity contribution >= 4 is 18.0 Å². The monoisotopic (exact) mass is 305 g/mol. The van der Waals surface area contributed by atoms with Gasteiger partial charge in [0.05, 0.1) is 6.21 Å². The van der Waals surface area contributed by atoms with E-state index < -0.39 is 5.91 Å². The van der Waals surface area contributed by atoms with E-state index in [1.165, 1.54) is 6.21 Å². The lowest BCUT2D eigenvalue weighted by molar-refractivity contribution is -0.129. The molecule has 2 N–H and O–H groups in total. The van der Waals surface area contributed by atoms with Crippen molar-refractivity contribution in [1.82, 2.24) is 10.7 Å². The largest absolute Gasteiger partial charge is 0.454 e. The van der Waals surface area contributed by atoms with Crippen LogP contribution < -0.4 is 20.2 Å². The molecule has 22 heavy (non-hydrogen) atoms. The summed E-state index contributed by atoms with van der Waals surface area (Å²) in [6.45, 7) is 4.72. The summed E-state index contributed by atoms with van der Waals surface area (Å²) >= 11 is 0. The number of fused-ring (bicyclic) bond motifs is 1. The fourth-order valence-corrected chi connectivity index (χ4v) is 1.74. The third-order valence-corrected chi connectivity index (χ3v) is 2.83. The van der Waals surface area contributed by atoms with Gasteiger partial charge in [-0.05, 0) is 29.7 Å². The maximum Gasteiger partial charge on any atom is 0.249 e. The minimum absolute atomic E-state index is 0.207. The molecule has 0 aliphatic carbocycles. The summed E-state index contributed by atoms with van der Waals surface area (Å²) in [5, 5.41) is 6.48. The molecule has 2 amide bonds. The first-order valence-corrected chi connectivity index (χ1v) is 7.03. The molecule has 7 nitrogen and oxygen atoms in total. The summed E-state index contributed by atoms with van der Waals surface area (Å²) in [7, 11) is 0. The number of hydrogen-bond donors (Lipinski definition) is 2. The van der Waals surface area contributed by atoms with Gasteiger partial charge in [-0.2, -0.15) is 5.10 Å². The van der Waals surface area contributed by atoms with E-state index in [1.54, 1.807) is 18.2 Å². The second-order valence-corrected chi connectivity index (χ2v) is 5.28. The van der Waals surface area contributed by atoms with Gasteiger partial charge in [-0.3, -0.25) is 9.59 Å². The maximum atomic E-state index is 11.5. The molecule has 0 aromatic heterocycles. The van der Waals surface area contributed by atoms with E-state index >= 15 is 0 Å². The smallest absolute Gasteiger partial charge is 0.249 e. The normalized spacial score (nSPS) is 12.7.